The lowest BCUT2D eigenvalue weighted by Gasteiger charge is -2.12. The summed E-state index contributed by atoms with van der Waals surface area (Å²) in [5.41, 5.74) is 1.13. The Bertz CT molecular complexity index is 998. The molecular formula is C18H16O5. The molecule has 0 unspecified atom stereocenters. The summed E-state index contributed by atoms with van der Waals surface area (Å²) in [4.78, 5) is 24.1. The average molecular weight is 312 g/mol. The van der Waals surface area contributed by atoms with E-state index >= 15 is 0 Å². The van der Waals surface area contributed by atoms with Gasteiger partial charge in [0.15, 0.2) is 5.78 Å². The molecule has 5 heteroatoms. The van der Waals surface area contributed by atoms with Crippen LogP contribution in [0.25, 0.3) is 21.7 Å². The van der Waals surface area contributed by atoms with E-state index in [0.29, 0.717) is 38.8 Å². The fourth-order valence-corrected chi connectivity index (χ4v) is 2.79. The molecule has 1 aromatic heterocycles. The predicted molar refractivity (Wildman–Crippen MR) is 87.8 cm³/mol. The van der Waals surface area contributed by atoms with Crippen molar-refractivity contribution in [2.75, 3.05) is 14.2 Å². The summed E-state index contributed by atoms with van der Waals surface area (Å²) in [7, 11) is 3.05. The van der Waals surface area contributed by atoms with Crippen LogP contribution in [0.15, 0.2) is 33.5 Å². The molecule has 2 aromatic carbocycles. The van der Waals surface area contributed by atoms with Crippen LogP contribution in [0.1, 0.15) is 22.8 Å². The third kappa shape index (κ3) is 2.34. The average Bonchev–Trinajstić information content (AvgIpc) is 2.53. The van der Waals surface area contributed by atoms with Crippen LogP contribution in [0, 0.1) is 6.92 Å². The van der Waals surface area contributed by atoms with Gasteiger partial charge in [-0.15, -0.1) is 0 Å². The number of ketones is 1. The van der Waals surface area contributed by atoms with Crippen LogP contribution >= 0.6 is 0 Å². The number of benzene rings is 2. The zero-order chi connectivity index (χ0) is 16.7. The number of Topliss-reactive ketones (excluding diaryl/α,β-unsaturated/α-hetero) is 1. The summed E-state index contributed by atoms with van der Waals surface area (Å²) in [5.74, 6) is 0.848. The Kier molecular flexibility index (Phi) is 3.56. The van der Waals surface area contributed by atoms with Crippen LogP contribution in [0.5, 0.6) is 11.5 Å². The van der Waals surface area contributed by atoms with E-state index < -0.39 is 5.63 Å². The first-order chi connectivity index (χ1) is 11.0. The van der Waals surface area contributed by atoms with Gasteiger partial charge in [-0.1, -0.05) is 0 Å². The van der Waals surface area contributed by atoms with Crippen molar-refractivity contribution < 1.29 is 18.7 Å². The fourth-order valence-electron chi connectivity index (χ4n) is 2.79. The van der Waals surface area contributed by atoms with Crippen LogP contribution in [-0.2, 0) is 0 Å². The number of fused-ring (bicyclic) bond motifs is 3. The minimum Gasteiger partial charge on any atom is -0.496 e. The summed E-state index contributed by atoms with van der Waals surface area (Å²) in [5, 5.41) is 1.75. The lowest BCUT2D eigenvalue weighted by atomic mass is 10.0. The van der Waals surface area contributed by atoms with E-state index in [1.807, 2.05) is 13.0 Å². The Balaban J connectivity index is 2.57. The SMILES string of the molecule is COc1cc2c(cc1C(C)=O)oc(=O)c1cc(C)cc(OC)c12. The summed E-state index contributed by atoms with van der Waals surface area (Å²) >= 11 is 0. The second-order valence-electron chi connectivity index (χ2n) is 5.38. The first-order valence-electron chi connectivity index (χ1n) is 7.10. The van der Waals surface area contributed by atoms with Crippen molar-refractivity contribution in [2.24, 2.45) is 0 Å². The molecule has 0 N–H and O–H groups in total. The highest BCUT2D eigenvalue weighted by Crippen LogP contribution is 2.35. The van der Waals surface area contributed by atoms with Crippen molar-refractivity contribution >= 4 is 27.5 Å². The lowest BCUT2D eigenvalue weighted by Crippen LogP contribution is -2.04. The number of hydrogen-bond acceptors (Lipinski definition) is 5. The van der Waals surface area contributed by atoms with Crippen LogP contribution in [0.3, 0.4) is 0 Å². The van der Waals surface area contributed by atoms with E-state index in [1.54, 1.807) is 19.2 Å². The lowest BCUT2D eigenvalue weighted by molar-refractivity contribution is 0.101. The Morgan fingerprint density at radius 1 is 1.00 bits per heavy atom. The summed E-state index contributed by atoms with van der Waals surface area (Å²) in [6.07, 6.45) is 0. The molecule has 0 saturated carbocycles. The van der Waals surface area contributed by atoms with Crippen LogP contribution < -0.4 is 15.1 Å². The van der Waals surface area contributed by atoms with Gasteiger partial charge in [0.05, 0.1) is 25.2 Å². The molecule has 0 amide bonds. The summed E-state index contributed by atoms with van der Waals surface area (Å²) in [6.45, 7) is 3.32. The highest BCUT2D eigenvalue weighted by Gasteiger charge is 2.17. The minimum absolute atomic E-state index is 0.164. The number of ether oxygens (including phenoxy) is 2. The number of rotatable bonds is 3. The third-order valence-electron chi connectivity index (χ3n) is 3.84. The first-order valence-corrected chi connectivity index (χ1v) is 7.10. The van der Waals surface area contributed by atoms with Gasteiger partial charge in [-0.3, -0.25) is 4.79 Å². The van der Waals surface area contributed by atoms with Gasteiger partial charge in [-0.25, -0.2) is 4.79 Å². The molecule has 3 aromatic rings. The van der Waals surface area contributed by atoms with Crippen molar-refractivity contribution in [3.05, 3.63) is 45.8 Å². The Morgan fingerprint density at radius 2 is 1.70 bits per heavy atom. The topological polar surface area (TPSA) is 65.7 Å². The Morgan fingerprint density at radius 3 is 2.30 bits per heavy atom. The molecule has 1 heterocycles. The first kappa shape index (κ1) is 15.1. The van der Waals surface area contributed by atoms with Gasteiger partial charge in [-0.05, 0) is 43.7 Å². The molecule has 118 valence electrons. The monoisotopic (exact) mass is 312 g/mol. The summed E-state index contributed by atoms with van der Waals surface area (Å²) in [6, 6.07) is 6.85. The van der Waals surface area contributed by atoms with E-state index in [1.165, 1.54) is 20.1 Å². The molecule has 0 radical (unpaired) electrons. The van der Waals surface area contributed by atoms with E-state index in [4.69, 9.17) is 13.9 Å². The Labute approximate surface area is 132 Å². The molecule has 0 aliphatic rings. The minimum atomic E-state index is -0.464. The molecule has 0 atom stereocenters. The van der Waals surface area contributed by atoms with E-state index in [9.17, 15) is 9.59 Å². The molecule has 0 aliphatic heterocycles. The van der Waals surface area contributed by atoms with Gasteiger partial charge in [0, 0.05) is 10.8 Å². The van der Waals surface area contributed by atoms with Gasteiger partial charge < -0.3 is 13.9 Å². The largest absolute Gasteiger partial charge is 0.496 e. The van der Waals surface area contributed by atoms with Gasteiger partial charge >= 0.3 is 5.63 Å². The second kappa shape index (κ2) is 5.43. The molecule has 3 rings (SSSR count). The number of hydrogen-bond donors (Lipinski definition) is 0. The van der Waals surface area contributed by atoms with Crippen molar-refractivity contribution in [3.8, 4) is 11.5 Å². The van der Waals surface area contributed by atoms with E-state index in [-0.39, 0.29) is 5.78 Å². The highest BCUT2D eigenvalue weighted by molar-refractivity contribution is 6.11. The molecule has 0 saturated heterocycles. The molecule has 0 bridgehead atoms. The number of carbonyl (C=O) groups excluding carboxylic acids is 1. The molecule has 5 nitrogen and oxygen atoms in total. The smallest absolute Gasteiger partial charge is 0.344 e. The predicted octanol–water partition coefficient (Wildman–Crippen LogP) is 3.47. The zero-order valence-electron chi connectivity index (χ0n) is 13.4. The molecule has 0 aliphatic carbocycles. The van der Waals surface area contributed by atoms with Gasteiger partial charge in [0.2, 0.25) is 0 Å². The molecule has 0 spiro atoms. The maximum Gasteiger partial charge on any atom is 0.344 e. The zero-order valence-corrected chi connectivity index (χ0v) is 13.4. The highest BCUT2D eigenvalue weighted by atomic mass is 16.5. The van der Waals surface area contributed by atoms with Gasteiger partial charge in [0.1, 0.15) is 17.1 Å². The molecular weight excluding hydrogens is 296 g/mol. The quantitative estimate of drug-likeness (QED) is 0.421. The maximum absolute atomic E-state index is 12.3. The van der Waals surface area contributed by atoms with Crippen molar-refractivity contribution in [1.82, 2.24) is 0 Å². The van der Waals surface area contributed by atoms with Gasteiger partial charge in [0.25, 0.3) is 0 Å². The second-order valence-corrected chi connectivity index (χ2v) is 5.38. The normalized spacial score (nSPS) is 11.0. The number of methoxy groups -OCH3 is 2. The molecule has 23 heavy (non-hydrogen) atoms. The number of aryl methyl sites for hydroxylation is 1. The van der Waals surface area contributed by atoms with Crippen LogP contribution in [-0.4, -0.2) is 20.0 Å². The van der Waals surface area contributed by atoms with Gasteiger partial charge in [-0.2, -0.15) is 0 Å². The third-order valence-corrected chi connectivity index (χ3v) is 3.84. The maximum atomic E-state index is 12.3. The molecule has 0 fully saturated rings. The number of carbonyl (C=O) groups is 1. The van der Waals surface area contributed by atoms with Crippen molar-refractivity contribution in [2.45, 2.75) is 13.8 Å². The van der Waals surface area contributed by atoms with E-state index in [2.05, 4.69) is 0 Å². The van der Waals surface area contributed by atoms with Crippen LogP contribution in [0.2, 0.25) is 0 Å². The van der Waals surface area contributed by atoms with Crippen LogP contribution in [0.4, 0.5) is 0 Å². The Hall–Kier alpha value is -2.82. The standard InChI is InChI=1S/C18H16O5/c1-9-5-13-17(16(6-9)22-4)12-8-14(21-3)11(10(2)19)7-15(12)23-18(13)20/h5-8H,1-4H3. The van der Waals surface area contributed by atoms with E-state index in [0.717, 1.165) is 5.56 Å². The van der Waals surface area contributed by atoms with Crippen molar-refractivity contribution in [1.29, 1.82) is 0 Å². The summed E-state index contributed by atoms with van der Waals surface area (Å²) < 4.78 is 16.1. The van der Waals surface area contributed by atoms with Crippen molar-refractivity contribution in [3.63, 3.8) is 0 Å². The fraction of sp³-hybridized carbons (Fsp3) is 0.222.